The molecule has 0 aliphatic heterocycles. The van der Waals surface area contributed by atoms with Gasteiger partial charge in [-0.25, -0.2) is 4.98 Å². The number of nitrogens with one attached hydrogen (secondary N) is 1. The maximum Gasteiger partial charge on any atom is 0.453 e. The molecule has 0 aliphatic carbocycles. The van der Waals surface area contributed by atoms with Crippen LogP contribution < -0.4 is 5.32 Å². The third-order valence-electron chi connectivity index (χ3n) is 4.32. The lowest BCUT2D eigenvalue weighted by atomic mass is 10.1. The first-order valence-corrected chi connectivity index (χ1v) is 9.30. The fourth-order valence-electron chi connectivity index (χ4n) is 3.00. The number of hydrogen-bond donors (Lipinski definition) is 1. The van der Waals surface area contributed by atoms with Gasteiger partial charge in [0.05, 0.1) is 0 Å². The third-order valence-corrected chi connectivity index (χ3v) is 4.32. The van der Waals surface area contributed by atoms with Gasteiger partial charge in [-0.15, -0.1) is 5.10 Å². The molecule has 1 unspecified atom stereocenters. The fourth-order valence-corrected chi connectivity index (χ4v) is 3.00. The number of nitrogens with zero attached hydrogens (tertiary/aromatic N) is 6. The number of rotatable bonds is 6. The van der Waals surface area contributed by atoms with Crippen molar-refractivity contribution >= 4 is 11.6 Å². The molecule has 1 N–H and O–H groups in total. The lowest BCUT2D eigenvalue weighted by Gasteiger charge is -2.17. The van der Waals surface area contributed by atoms with Crippen LogP contribution in [0.1, 0.15) is 48.2 Å². The van der Waals surface area contributed by atoms with Gasteiger partial charge in [-0.05, 0) is 18.9 Å². The molecule has 0 aliphatic rings. The Hall–Kier alpha value is -3.50. The Kier molecular flexibility index (Phi) is 5.10. The zero-order chi connectivity index (χ0) is 21.3. The van der Waals surface area contributed by atoms with Gasteiger partial charge in [0.15, 0.2) is 5.82 Å². The van der Waals surface area contributed by atoms with Crippen LogP contribution in [0.25, 0.3) is 5.78 Å². The molecule has 11 heteroatoms. The highest BCUT2D eigenvalue weighted by Crippen LogP contribution is 2.29. The summed E-state index contributed by atoms with van der Waals surface area (Å²) < 4.78 is 45.7. The molecule has 4 aromatic rings. The van der Waals surface area contributed by atoms with Gasteiger partial charge in [-0.3, -0.25) is 0 Å². The number of hydrogen-bond acceptors (Lipinski definition) is 7. The molecular formula is C19H18F3N7O. The molecule has 1 aromatic carbocycles. The average molecular weight is 417 g/mol. The summed E-state index contributed by atoms with van der Waals surface area (Å²) in [6.45, 7) is 3.66. The van der Waals surface area contributed by atoms with Gasteiger partial charge in [-0.2, -0.15) is 27.7 Å². The van der Waals surface area contributed by atoms with Gasteiger partial charge in [0.25, 0.3) is 11.6 Å². The molecule has 8 nitrogen and oxygen atoms in total. The van der Waals surface area contributed by atoms with E-state index in [4.69, 9.17) is 4.52 Å². The molecule has 0 bridgehead atoms. The Morgan fingerprint density at radius 2 is 1.90 bits per heavy atom. The van der Waals surface area contributed by atoms with Crippen molar-refractivity contribution in [3.8, 4) is 0 Å². The molecular weight excluding hydrogens is 399 g/mol. The third kappa shape index (κ3) is 3.95. The minimum absolute atomic E-state index is 0.156. The lowest BCUT2D eigenvalue weighted by molar-refractivity contribution is -0.144. The van der Waals surface area contributed by atoms with Crippen molar-refractivity contribution in [1.82, 2.24) is 29.7 Å². The van der Waals surface area contributed by atoms with Crippen molar-refractivity contribution in [3.05, 3.63) is 65.2 Å². The molecule has 3 heterocycles. The van der Waals surface area contributed by atoms with E-state index in [1.54, 1.807) is 13.0 Å². The molecule has 0 amide bonds. The number of alkyl halides is 3. The van der Waals surface area contributed by atoms with Gasteiger partial charge in [0.1, 0.15) is 11.9 Å². The molecule has 0 radical (unpaired) electrons. The van der Waals surface area contributed by atoms with Crippen LogP contribution in [-0.2, 0) is 12.6 Å². The second-order valence-electron chi connectivity index (χ2n) is 6.71. The Morgan fingerprint density at radius 1 is 1.13 bits per heavy atom. The number of benzene rings is 1. The van der Waals surface area contributed by atoms with E-state index in [1.807, 2.05) is 37.3 Å². The number of aryl methyl sites for hydroxylation is 2. The Labute approximate surface area is 169 Å². The SMILES string of the molecule is CCCc1nc(C(Nc2cc(C)nc3nc(C(F)(F)F)nn23)c2ccccc2)no1. The first-order valence-electron chi connectivity index (χ1n) is 9.30. The number of halogens is 3. The number of aromatic nitrogens is 6. The summed E-state index contributed by atoms with van der Waals surface area (Å²) in [5.74, 6) is -0.285. The Balaban J connectivity index is 1.79. The zero-order valence-corrected chi connectivity index (χ0v) is 16.2. The van der Waals surface area contributed by atoms with E-state index in [0.29, 0.717) is 23.8 Å². The summed E-state index contributed by atoms with van der Waals surface area (Å²) in [7, 11) is 0. The maximum absolute atomic E-state index is 13.1. The van der Waals surface area contributed by atoms with E-state index >= 15 is 0 Å². The van der Waals surface area contributed by atoms with Gasteiger partial charge < -0.3 is 9.84 Å². The second kappa shape index (κ2) is 7.73. The first kappa shape index (κ1) is 19.8. The highest BCUT2D eigenvalue weighted by Gasteiger charge is 2.37. The summed E-state index contributed by atoms with van der Waals surface area (Å²) in [5, 5.41) is 10.8. The highest BCUT2D eigenvalue weighted by molar-refractivity contribution is 5.48. The van der Waals surface area contributed by atoms with Crippen LogP contribution in [0.15, 0.2) is 40.9 Å². The van der Waals surface area contributed by atoms with Crippen molar-refractivity contribution in [3.63, 3.8) is 0 Å². The van der Waals surface area contributed by atoms with Crippen molar-refractivity contribution in [1.29, 1.82) is 0 Å². The first-order chi connectivity index (χ1) is 14.3. The van der Waals surface area contributed by atoms with E-state index in [0.717, 1.165) is 16.5 Å². The van der Waals surface area contributed by atoms with E-state index in [9.17, 15) is 13.2 Å². The minimum atomic E-state index is -4.68. The highest BCUT2D eigenvalue weighted by atomic mass is 19.4. The van der Waals surface area contributed by atoms with Crippen LogP contribution in [-0.4, -0.2) is 29.7 Å². The van der Waals surface area contributed by atoms with Crippen LogP contribution in [0.4, 0.5) is 19.0 Å². The minimum Gasteiger partial charge on any atom is -0.356 e. The van der Waals surface area contributed by atoms with Crippen LogP contribution in [0.5, 0.6) is 0 Å². The summed E-state index contributed by atoms with van der Waals surface area (Å²) in [6, 6.07) is 10.3. The number of anilines is 1. The quantitative estimate of drug-likeness (QED) is 0.507. The second-order valence-corrected chi connectivity index (χ2v) is 6.71. The molecule has 0 spiro atoms. The molecule has 156 valence electrons. The predicted octanol–water partition coefficient (Wildman–Crippen LogP) is 3.99. The predicted molar refractivity (Wildman–Crippen MR) is 101 cm³/mol. The molecule has 30 heavy (non-hydrogen) atoms. The molecule has 1 atom stereocenters. The van der Waals surface area contributed by atoms with Crippen molar-refractivity contribution in [2.45, 2.75) is 38.9 Å². The van der Waals surface area contributed by atoms with Gasteiger partial charge in [0.2, 0.25) is 5.89 Å². The van der Waals surface area contributed by atoms with E-state index in [2.05, 4.69) is 30.5 Å². The smallest absolute Gasteiger partial charge is 0.356 e. The lowest BCUT2D eigenvalue weighted by Crippen LogP contribution is -2.17. The van der Waals surface area contributed by atoms with Crippen molar-refractivity contribution < 1.29 is 17.7 Å². The monoisotopic (exact) mass is 417 g/mol. The van der Waals surface area contributed by atoms with E-state index in [-0.39, 0.29) is 11.6 Å². The summed E-state index contributed by atoms with van der Waals surface area (Å²) >= 11 is 0. The fraction of sp³-hybridized carbons (Fsp3) is 0.316. The van der Waals surface area contributed by atoms with Crippen LogP contribution >= 0.6 is 0 Å². The molecule has 3 aromatic heterocycles. The van der Waals surface area contributed by atoms with Crippen molar-refractivity contribution in [2.75, 3.05) is 5.32 Å². The maximum atomic E-state index is 13.1. The van der Waals surface area contributed by atoms with Gasteiger partial charge in [-0.1, -0.05) is 42.4 Å². The standard InChI is InChI=1S/C19H18F3N7O/c1-3-7-14-25-16(28-30-14)15(12-8-5-4-6-9-12)24-13-10-11(2)23-18-26-17(19(20,21)22)27-29(13)18/h4-6,8-10,15,24H,3,7H2,1-2H3. The van der Waals surface area contributed by atoms with Gasteiger partial charge in [0, 0.05) is 18.2 Å². The normalized spacial score (nSPS) is 13.0. The zero-order valence-electron chi connectivity index (χ0n) is 16.2. The summed E-state index contributed by atoms with van der Waals surface area (Å²) in [5.41, 5.74) is 1.29. The topological polar surface area (TPSA) is 94.0 Å². The van der Waals surface area contributed by atoms with Crippen LogP contribution in [0, 0.1) is 6.92 Å². The Bertz CT molecular complexity index is 1150. The summed E-state index contributed by atoms with van der Waals surface area (Å²) in [6.07, 6.45) is -3.21. The molecule has 0 saturated carbocycles. The van der Waals surface area contributed by atoms with Crippen LogP contribution in [0.3, 0.4) is 0 Å². The van der Waals surface area contributed by atoms with Crippen LogP contribution in [0.2, 0.25) is 0 Å². The number of fused-ring (bicyclic) bond motifs is 1. The largest absolute Gasteiger partial charge is 0.453 e. The molecule has 4 rings (SSSR count). The van der Waals surface area contributed by atoms with Crippen molar-refractivity contribution in [2.24, 2.45) is 0 Å². The van der Waals surface area contributed by atoms with E-state index < -0.39 is 18.0 Å². The average Bonchev–Trinajstić information content (AvgIpc) is 3.34. The van der Waals surface area contributed by atoms with Gasteiger partial charge >= 0.3 is 6.18 Å². The Morgan fingerprint density at radius 3 is 2.60 bits per heavy atom. The molecule has 0 fully saturated rings. The van der Waals surface area contributed by atoms with E-state index in [1.165, 1.54) is 0 Å². The summed E-state index contributed by atoms with van der Waals surface area (Å²) in [4.78, 5) is 12.0. The molecule has 0 saturated heterocycles.